The second-order valence-corrected chi connectivity index (χ2v) is 4.53. The van der Waals surface area contributed by atoms with Crippen LogP contribution in [0.15, 0.2) is 0 Å². The first-order chi connectivity index (χ1) is 5.12. The van der Waals surface area contributed by atoms with Crippen molar-refractivity contribution in [2.75, 3.05) is 0 Å². The van der Waals surface area contributed by atoms with Crippen LogP contribution in [-0.4, -0.2) is 73.9 Å². The maximum absolute atomic E-state index is 7.33. The summed E-state index contributed by atoms with van der Waals surface area (Å²) in [5, 5.41) is 0. The van der Waals surface area contributed by atoms with E-state index in [9.17, 15) is 0 Å². The summed E-state index contributed by atoms with van der Waals surface area (Å²) >= 11 is 0. The standard InChI is InChI=1S/C5H14OSi.Na.H4O4Si.H/c1-4-5(2,3)6-7;;1-5(2,3)4;/h4H2,1-3,7H3;;1-4H;. The second-order valence-electron chi connectivity index (χ2n) is 2.92. The summed E-state index contributed by atoms with van der Waals surface area (Å²) < 4.78 is 5.23. The van der Waals surface area contributed by atoms with Crippen LogP contribution in [0.25, 0.3) is 0 Å². The SMILES string of the molecule is CCC(C)(C)O[SiH3].O[Si](O)(O)O.[NaH]. The van der Waals surface area contributed by atoms with E-state index in [0.29, 0.717) is 0 Å². The van der Waals surface area contributed by atoms with Crippen LogP contribution in [0.2, 0.25) is 0 Å². The summed E-state index contributed by atoms with van der Waals surface area (Å²) in [6, 6.07) is 0. The van der Waals surface area contributed by atoms with Crippen molar-refractivity contribution in [2.24, 2.45) is 0 Å². The molecule has 78 valence electrons. The first-order valence-corrected chi connectivity index (χ1v) is 6.17. The van der Waals surface area contributed by atoms with E-state index in [1.807, 2.05) is 0 Å². The van der Waals surface area contributed by atoms with Gasteiger partial charge in [-0.1, -0.05) is 6.92 Å². The monoisotopic (exact) mass is 238 g/mol. The molecule has 0 heterocycles. The Hall–Kier alpha value is 1.23. The Morgan fingerprint density at radius 1 is 1.23 bits per heavy atom. The van der Waals surface area contributed by atoms with E-state index in [1.165, 1.54) is 0 Å². The van der Waals surface area contributed by atoms with Crippen LogP contribution in [0.4, 0.5) is 0 Å². The molecule has 0 saturated heterocycles. The van der Waals surface area contributed by atoms with E-state index in [2.05, 4.69) is 20.8 Å². The van der Waals surface area contributed by atoms with E-state index in [4.69, 9.17) is 23.6 Å². The summed E-state index contributed by atoms with van der Waals surface area (Å²) in [7, 11) is -3.75. The molecule has 0 aliphatic carbocycles. The van der Waals surface area contributed by atoms with Gasteiger partial charge in [-0.15, -0.1) is 0 Å². The van der Waals surface area contributed by atoms with Crippen molar-refractivity contribution in [3.63, 3.8) is 0 Å². The molecule has 0 bridgehead atoms. The quantitative estimate of drug-likeness (QED) is 0.391. The van der Waals surface area contributed by atoms with Gasteiger partial charge in [0, 0.05) is 5.60 Å². The Bertz CT molecular complexity index is 104. The third-order valence-electron chi connectivity index (χ3n) is 1.40. The van der Waals surface area contributed by atoms with Gasteiger partial charge in [-0.3, -0.25) is 0 Å². The summed E-state index contributed by atoms with van der Waals surface area (Å²) in [6.07, 6.45) is 1.11. The molecule has 0 amide bonds. The zero-order valence-electron chi connectivity index (χ0n) is 7.90. The van der Waals surface area contributed by atoms with Gasteiger partial charge >= 0.3 is 38.6 Å². The van der Waals surface area contributed by atoms with Gasteiger partial charge in [0.1, 0.15) is 10.5 Å². The molecule has 0 aliphatic heterocycles. The fourth-order valence-electron chi connectivity index (χ4n) is 0.144. The molecule has 0 atom stereocenters. The molecule has 0 spiro atoms. The second kappa shape index (κ2) is 8.53. The Balaban J connectivity index is -0.000000150. The Kier molecular flexibility index (Phi) is 13.0. The van der Waals surface area contributed by atoms with E-state index < -0.39 is 9.05 Å². The van der Waals surface area contributed by atoms with Crippen LogP contribution >= 0.6 is 0 Å². The molecule has 5 nitrogen and oxygen atoms in total. The molecule has 0 fully saturated rings. The van der Waals surface area contributed by atoms with Gasteiger partial charge in [0.05, 0.1) is 0 Å². The van der Waals surface area contributed by atoms with E-state index in [1.54, 1.807) is 0 Å². The zero-order chi connectivity index (χ0) is 10.4. The fourth-order valence-corrected chi connectivity index (χ4v) is 0.433. The van der Waals surface area contributed by atoms with E-state index in [-0.39, 0.29) is 35.2 Å². The van der Waals surface area contributed by atoms with Crippen molar-refractivity contribution in [2.45, 2.75) is 32.8 Å². The van der Waals surface area contributed by atoms with Gasteiger partial charge in [-0.2, -0.15) is 0 Å². The van der Waals surface area contributed by atoms with Gasteiger partial charge in [-0.25, -0.2) is 0 Å². The third kappa shape index (κ3) is 31.9. The molecular formula is C5H19NaO5Si2. The van der Waals surface area contributed by atoms with Crippen LogP contribution in [0.1, 0.15) is 27.2 Å². The Morgan fingerprint density at radius 2 is 1.46 bits per heavy atom. The Morgan fingerprint density at radius 3 is 1.46 bits per heavy atom. The maximum atomic E-state index is 7.33. The predicted molar refractivity (Wildman–Crippen MR) is 57.2 cm³/mol. The average molecular weight is 238 g/mol. The zero-order valence-corrected chi connectivity index (χ0v) is 10.9. The summed E-state index contributed by atoms with van der Waals surface area (Å²) in [5.74, 6) is 0. The van der Waals surface area contributed by atoms with Crippen molar-refractivity contribution in [3.8, 4) is 0 Å². The molecule has 8 heteroatoms. The average Bonchev–Trinajstić information content (AvgIpc) is 1.85. The van der Waals surface area contributed by atoms with Gasteiger partial charge < -0.3 is 23.6 Å². The fraction of sp³-hybridized carbons (Fsp3) is 1.00. The summed E-state index contributed by atoms with van der Waals surface area (Å²) in [4.78, 5) is 29.3. The molecule has 13 heavy (non-hydrogen) atoms. The topological polar surface area (TPSA) is 90.2 Å². The van der Waals surface area contributed by atoms with Crippen molar-refractivity contribution in [1.29, 1.82) is 0 Å². The van der Waals surface area contributed by atoms with Crippen LogP contribution in [0.3, 0.4) is 0 Å². The van der Waals surface area contributed by atoms with Gasteiger partial charge in [0.25, 0.3) is 0 Å². The van der Waals surface area contributed by atoms with Gasteiger partial charge in [0.2, 0.25) is 0 Å². The normalized spacial score (nSPS) is 11.3. The van der Waals surface area contributed by atoms with Crippen molar-refractivity contribution in [1.82, 2.24) is 0 Å². The van der Waals surface area contributed by atoms with E-state index >= 15 is 0 Å². The molecule has 0 aliphatic rings. The number of rotatable bonds is 2. The number of hydrogen-bond acceptors (Lipinski definition) is 5. The van der Waals surface area contributed by atoms with Crippen LogP contribution in [0.5, 0.6) is 0 Å². The summed E-state index contributed by atoms with van der Waals surface area (Å²) in [6.45, 7) is 6.36. The molecule has 4 N–H and O–H groups in total. The van der Waals surface area contributed by atoms with Crippen LogP contribution in [0, 0.1) is 0 Å². The van der Waals surface area contributed by atoms with Gasteiger partial charge in [-0.05, 0) is 20.3 Å². The number of hydrogen-bond donors (Lipinski definition) is 4. The minimum absolute atomic E-state index is 0. The molecule has 0 radical (unpaired) electrons. The molecule has 0 rings (SSSR count). The first-order valence-electron chi connectivity index (χ1n) is 3.57. The molecule has 0 saturated carbocycles. The Labute approximate surface area is 105 Å². The van der Waals surface area contributed by atoms with Crippen molar-refractivity contribution in [3.05, 3.63) is 0 Å². The predicted octanol–water partition coefficient (Wildman–Crippen LogP) is -2.79. The van der Waals surface area contributed by atoms with Crippen LogP contribution in [-0.2, 0) is 4.43 Å². The summed E-state index contributed by atoms with van der Waals surface area (Å²) in [5.41, 5.74) is 0.145. The molecule has 0 aromatic carbocycles. The molecular weight excluding hydrogens is 219 g/mol. The molecule has 0 aromatic heterocycles. The minimum atomic E-state index is -4.61. The third-order valence-corrected chi connectivity index (χ3v) is 2.51. The van der Waals surface area contributed by atoms with E-state index in [0.717, 1.165) is 16.9 Å². The first kappa shape index (κ1) is 19.8. The molecule has 0 aromatic rings. The van der Waals surface area contributed by atoms with Crippen molar-refractivity contribution < 1.29 is 23.6 Å². The van der Waals surface area contributed by atoms with Crippen LogP contribution < -0.4 is 0 Å². The van der Waals surface area contributed by atoms with Crippen molar-refractivity contribution >= 4 is 49.1 Å². The molecule has 0 unspecified atom stereocenters. The van der Waals surface area contributed by atoms with Gasteiger partial charge in [0.15, 0.2) is 0 Å².